The molecule has 1 amide bonds. The van der Waals surface area contributed by atoms with Crippen LogP contribution in [-0.2, 0) is 13.6 Å². The quantitative estimate of drug-likeness (QED) is 0.825. The van der Waals surface area contributed by atoms with Gasteiger partial charge in [0.05, 0.1) is 6.61 Å². The van der Waals surface area contributed by atoms with E-state index in [-0.39, 0.29) is 12.5 Å². The van der Waals surface area contributed by atoms with Crippen LogP contribution in [0.25, 0.3) is 0 Å². The number of carbonyl (C=O) groups is 1. The van der Waals surface area contributed by atoms with Crippen LogP contribution in [0, 0.1) is 11.8 Å². The number of aryl methyl sites for hydroxylation is 1. The van der Waals surface area contributed by atoms with Gasteiger partial charge in [-0.1, -0.05) is 24.0 Å². The third kappa shape index (κ3) is 4.48. The summed E-state index contributed by atoms with van der Waals surface area (Å²) in [7, 11) is 1.77. The minimum atomic E-state index is -0.202. The summed E-state index contributed by atoms with van der Waals surface area (Å²) in [6.45, 7) is 0.484. The summed E-state index contributed by atoms with van der Waals surface area (Å²) in [4.78, 5) is 11.9. The van der Waals surface area contributed by atoms with Crippen LogP contribution in [0.2, 0.25) is 0 Å². The topological polar surface area (TPSA) is 67.2 Å². The van der Waals surface area contributed by atoms with E-state index in [4.69, 9.17) is 5.11 Å². The molecule has 5 nitrogen and oxygen atoms in total. The lowest BCUT2D eigenvalue weighted by atomic mass is 10.1. The molecule has 0 fully saturated rings. The largest absolute Gasteiger partial charge is 0.395 e. The summed E-state index contributed by atoms with van der Waals surface area (Å²) < 4.78 is 1.59. The normalized spacial score (nSPS) is 9.81. The van der Waals surface area contributed by atoms with Gasteiger partial charge < -0.3 is 10.4 Å². The Kier molecular flexibility index (Phi) is 5.13. The van der Waals surface area contributed by atoms with Gasteiger partial charge in [-0.15, -0.1) is 0 Å². The van der Waals surface area contributed by atoms with Crippen LogP contribution in [-0.4, -0.2) is 27.4 Å². The predicted molar refractivity (Wildman–Crippen MR) is 79.4 cm³/mol. The summed E-state index contributed by atoms with van der Waals surface area (Å²) in [5, 5.41) is 15.6. The van der Waals surface area contributed by atoms with E-state index in [2.05, 4.69) is 22.3 Å². The SMILES string of the molecule is Cn1ccc(C(=O)NCc2cccc(C#CCCO)c2)n1. The first-order valence-corrected chi connectivity index (χ1v) is 6.65. The van der Waals surface area contributed by atoms with Crippen molar-refractivity contribution in [2.24, 2.45) is 7.05 Å². The molecule has 2 rings (SSSR count). The van der Waals surface area contributed by atoms with Gasteiger partial charge in [0.25, 0.3) is 5.91 Å². The average molecular weight is 283 g/mol. The highest BCUT2D eigenvalue weighted by molar-refractivity contribution is 5.92. The average Bonchev–Trinajstić information content (AvgIpc) is 2.92. The van der Waals surface area contributed by atoms with Gasteiger partial charge >= 0.3 is 0 Å². The van der Waals surface area contributed by atoms with Gasteiger partial charge in [0.15, 0.2) is 0 Å². The molecule has 1 aromatic carbocycles. The summed E-state index contributed by atoms with van der Waals surface area (Å²) in [6, 6.07) is 9.31. The van der Waals surface area contributed by atoms with Crippen molar-refractivity contribution in [3.05, 3.63) is 53.3 Å². The van der Waals surface area contributed by atoms with Crippen molar-refractivity contribution < 1.29 is 9.90 Å². The number of amides is 1. The Bertz CT molecular complexity index is 680. The second-order valence-electron chi connectivity index (χ2n) is 4.53. The van der Waals surface area contributed by atoms with E-state index in [0.717, 1.165) is 11.1 Å². The highest BCUT2D eigenvalue weighted by atomic mass is 16.2. The van der Waals surface area contributed by atoms with Crippen LogP contribution in [0.15, 0.2) is 36.5 Å². The van der Waals surface area contributed by atoms with E-state index in [1.807, 2.05) is 24.3 Å². The van der Waals surface area contributed by atoms with Crippen molar-refractivity contribution in [2.75, 3.05) is 6.61 Å². The lowest BCUT2D eigenvalue weighted by molar-refractivity contribution is 0.0945. The van der Waals surface area contributed by atoms with Crippen molar-refractivity contribution in [1.82, 2.24) is 15.1 Å². The van der Waals surface area contributed by atoms with Crippen LogP contribution in [0.3, 0.4) is 0 Å². The van der Waals surface area contributed by atoms with Crippen LogP contribution in [0.1, 0.15) is 28.0 Å². The van der Waals surface area contributed by atoms with Gasteiger partial charge in [0.1, 0.15) is 5.69 Å². The Morgan fingerprint density at radius 2 is 2.29 bits per heavy atom. The second kappa shape index (κ2) is 7.27. The number of nitrogens with one attached hydrogen (secondary N) is 1. The molecule has 108 valence electrons. The Morgan fingerprint density at radius 3 is 3.00 bits per heavy atom. The summed E-state index contributed by atoms with van der Waals surface area (Å²) >= 11 is 0. The highest BCUT2D eigenvalue weighted by Crippen LogP contribution is 2.04. The zero-order chi connectivity index (χ0) is 15.1. The predicted octanol–water partition coefficient (Wildman–Crippen LogP) is 1.08. The molecule has 0 aliphatic heterocycles. The Hall–Kier alpha value is -2.58. The maximum absolute atomic E-state index is 11.9. The number of hydrogen-bond acceptors (Lipinski definition) is 3. The summed E-state index contributed by atoms with van der Waals surface area (Å²) in [6.07, 6.45) is 2.19. The first kappa shape index (κ1) is 14.8. The number of aliphatic hydroxyl groups is 1. The molecule has 0 aliphatic rings. The van der Waals surface area contributed by atoms with Gasteiger partial charge in [-0.05, 0) is 23.8 Å². The molecule has 0 aliphatic carbocycles. The molecule has 0 atom stereocenters. The maximum Gasteiger partial charge on any atom is 0.272 e. The van der Waals surface area contributed by atoms with Crippen molar-refractivity contribution in [2.45, 2.75) is 13.0 Å². The fraction of sp³-hybridized carbons (Fsp3) is 0.250. The number of benzene rings is 1. The van der Waals surface area contributed by atoms with Crippen molar-refractivity contribution in [3.8, 4) is 11.8 Å². The number of hydrogen-bond donors (Lipinski definition) is 2. The molecular formula is C16H17N3O2. The molecule has 0 saturated carbocycles. The molecule has 5 heteroatoms. The van der Waals surface area contributed by atoms with E-state index in [9.17, 15) is 4.79 Å². The zero-order valence-corrected chi connectivity index (χ0v) is 11.8. The smallest absolute Gasteiger partial charge is 0.272 e. The van der Waals surface area contributed by atoms with Gasteiger partial charge in [-0.3, -0.25) is 9.48 Å². The van der Waals surface area contributed by atoms with Crippen LogP contribution in [0.5, 0.6) is 0 Å². The number of nitrogens with zero attached hydrogens (tertiary/aromatic N) is 2. The van der Waals surface area contributed by atoms with E-state index >= 15 is 0 Å². The molecule has 1 heterocycles. The lowest BCUT2D eigenvalue weighted by Crippen LogP contribution is -2.23. The van der Waals surface area contributed by atoms with Crippen molar-refractivity contribution >= 4 is 5.91 Å². The third-order valence-electron chi connectivity index (χ3n) is 2.80. The first-order valence-electron chi connectivity index (χ1n) is 6.65. The van der Waals surface area contributed by atoms with Crippen LogP contribution < -0.4 is 5.32 Å². The Labute approximate surface area is 123 Å². The minimum Gasteiger partial charge on any atom is -0.395 e. The monoisotopic (exact) mass is 283 g/mol. The summed E-state index contributed by atoms with van der Waals surface area (Å²) in [5.74, 6) is 5.64. The lowest BCUT2D eigenvalue weighted by Gasteiger charge is -2.04. The van der Waals surface area contributed by atoms with Gasteiger partial charge in [0.2, 0.25) is 0 Å². The van der Waals surface area contributed by atoms with Gasteiger partial charge in [-0.25, -0.2) is 0 Å². The molecule has 0 bridgehead atoms. The Balaban J connectivity index is 1.96. The fourth-order valence-electron chi connectivity index (χ4n) is 1.79. The second-order valence-corrected chi connectivity index (χ2v) is 4.53. The van der Waals surface area contributed by atoms with Gasteiger partial charge in [0, 0.05) is 31.8 Å². The van der Waals surface area contributed by atoms with E-state index in [1.54, 1.807) is 24.0 Å². The number of aromatic nitrogens is 2. The number of carbonyl (C=O) groups excluding carboxylic acids is 1. The molecular weight excluding hydrogens is 266 g/mol. The van der Waals surface area contributed by atoms with E-state index in [0.29, 0.717) is 18.7 Å². The molecule has 0 unspecified atom stereocenters. The highest BCUT2D eigenvalue weighted by Gasteiger charge is 2.07. The standard InChI is InChI=1S/C16H17N3O2/c1-19-9-8-15(18-19)16(21)17-12-14-7-4-6-13(11-14)5-2-3-10-20/h4,6-9,11,20H,3,10,12H2,1H3,(H,17,21). The van der Waals surface area contributed by atoms with Gasteiger partial charge in [-0.2, -0.15) is 5.10 Å². The Morgan fingerprint density at radius 1 is 1.43 bits per heavy atom. The fourth-order valence-corrected chi connectivity index (χ4v) is 1.79. The first-order chi connectivity index (χ1) is 10.2. The molecule has 2 aromatic rings. The van der Waals surface area contributed by atoms with E-state index in [1.165, 1.54) is 0 Å². The van der Waals surface area contributed by atoms with Crippen LogP contribution >= 0.6 is 0 Å². The third-order valence-corrected chi connectivity index (χ3v) is 2.80. The zero-order valence-electron chi connectivity index (χ0n) is 11.8. The molecule has 0 saturated heterocycles. The van der Waals surface area contributed by atoms with Crippen molar-refractivity contribution in [3.63, 3.8) is 0 Å². The molecule has 0 spiro atoms. The molecule has 1 aromatic heterocycles. The summed E-state index contributed by atoms with van der Waals surface area (Å²) in [5.41, 5.74) is 2.24. The molecule has 0 radical (unpaired) electrons. The number of aliphatic hydroxyl groups excluding tert-OH is 1. The molecule has 2 N–H and O–H groups in total. The van der Waals surface area contributed by atoms with E-state index < -0.39 is 0 Å². The molecule has 21 heavy (non-hydrogen) atoms. The minimum absolute atomic E-state index is 0.0623. The van der Waals surface area contributed by atoms with Crippen molar-refractivity contribution in [1.29, 1.82) is 0 Å². The van der Waals surface area contributed by atoms with Crippen LogP contribution in [0.4, 0.5) is 0 Å². The number of rotatable bonds is 4. The maximum atomic E-state index is 11.9.